The second kappa shape index (κ2) is 6.92. The average Bonchev–Trinajstić information content (AvgIpc) is 2.21. The SMILES string of the molecule is CC(C)C(CBr)CSc1ccc(Br)cn1. The Labute approximate surface area is 113 Å². The molecule has 1 nitrogen and oxygen atoms in total. The van der Waals surface area contributed by atoms with Crippen LogP contribution < -0.4 is 0 Å². The van der Waals surface area contributed by atoms with Crippen LogP contribution in [-0.2, 0) is 0 Å². The van der Waals surface area contributed by atoms with Crippen LogP contribution in [0.3, 0.4) is 0 Å². The molecule has 0 saturated heterocycles. The molecule has 0 amide bonds. The number of halogens is 2. The van der Waals surface area contributed by atoms with Gasteiger partial charge in [-0.15, -0.1) is 11.8 Å². The van der Waals surface area contributed by atoms with Crippen LogP contribution in [0.2, 0.25) is 0 Å². The second-order valence-corrected chi connectivity index (χ2v) is 6.39. The van der Waals surface area contributed by atoms with Gasteiger partial charge in [-0.1, -0.05) is 29.8 Å². The Morgan fingerprint density at radius 2 is 2.13 bits per heavy atom. The van der Waals surface area contributed by atoms with Gasteiger partial charge in [0.15, 0.2) is 0 Å². The maximum Gasteiger partial charge on any atom is 0.0960 e. The summed E-state index contributed by atoms with van der Waals surface area (Å²) in [6.45, 7) is 4.53. The van der Waals surface area contributed by atoms with Gasteiger partial charge in [-0.05, 0) is 39.9 Å². The van der Waals surface area contributed by atoms with Crippen LogP contribution in [0.1, 0.15) is 13.8 Å². The van der Waals surface area contributed by atoms with Crippen molar-refractivity contribution in [2.24, 2.45) is 11.8 Å². The maximum absolute atomic E-state index is 4.34. The summed E-state index contributed by atoms with van der Waals surface area (Å²) < 4.78 is 1.03. The van der Waals surface area contributed by atoms with Crippen LogP contribution in [0.15, 0.2) is 27.8 Å². The quantitative estimate of drug-likeness (QED) is 0.567. The number of aromatic nitrogens is 1. The van der Waals surface area contributed by atoms with Crippen LogP contribution in [-0.4, -0.2) is 16.1 Å². The molecule has 0 fully saturated rings. The van der Waals surface area contributed by atoms with Gasteiger partial charge in [0.1, 0.15) is 0 Å². The highest BCUT2D eigenvalue weighted by atomic mass is 79.9. The summed E-state index contributed by atoms with van der Waals surface area (Å²) >= 11 is 8.77. The zero-order chi connectivity index (χ0) is 11.3. The largest absolute Gasteiger partial charge is 0.249 e. The molecule has 0 aliphatic carbocycles. The van der Waals surface area contributed by atoms with Crippen molar-refractivity contribution in [1.82, 2.24) is 4.98 Å². The van der Waals surface area contributed by atoms with E-state index < -0.39 is 0 Å². The first-order valence-corrected chi connectivity index (χ1v) is 7.83. The normalized spacial score (nSPS) is 13.1. The van der Waals surface area contributed by atoms with E-state index in [1.165, 1.54) is 0 Å². The minimum atomic E-state index is 0.709. The van der Waals surface area contributed by atoms with E-state index in [0.717, 1.165) is 20.6 Å². The van der Waals surface area contributed by atoms with E-state index in [4.69, 9.17) is 0 Å². The lowest BCUT2D eigenvalue weighted by Gasteiger charge is -2.16. The summed E-state index contributed by atoms with van der Waals surface area (Å²) in [7, 11) is 0. The van der Waals surface area contributed by atoms with Crippen molar-refractivity contribution in [2.75, 3.05) is 11.1 Å². The van der Waals surface area contributed by atoms with Crippen LogP contribution in [0.5, 0.6) is 0 Å². The van der Waals surface area contributed by atoms with Gasteiger partial charge in [-0.2, -0.15) is 0 Å². The van der Waals surface area contributed by atoms with E-state index in [1.807, 2.05) is 24.0 Å². The van der Waals surface area contributed by atoms with Crippen LogP contribution >= 0.6 is 43.6 Å². The molecule has 0 aliphatic heterocycles. The molecule has 15 heavy (non-hydrogen) atoms. The Morgan fingerprint density at radius 3 is 2.60 bits per heavy atom. The Morgan fingerprint density at radius 1 is 1.40 bits per heavy atom. The van der Waals surface area contributed by atoms with E-state index in [2.05, 4.69) is 56.8 Å². The van der Waals surface area contributed by atoms with Crippen molar-refractivity contribution in [3.8, 4) is 0 Å². The predicted octanol–water partition coefficient (Wildman–Crippen LogP) is 4.60. The van der Waals surface area contributed by atoms with Crippen molar-refractivity contribution in [2.45, 2.75) is 18.9 Å². The van der Waals surface area contributed by atoms with Gasteiger partial charge >= 0.3 is 0 Å². The summed E-state index contributed by atoms with van der Waals surface area (Å²) in [6.07, 6.45) is 1.85. The lowest BCUT2D eigenvalue weighted by atomic mass is 10.0. The fourth-order valence-electron chi connectivity index (χ4n) is 1.06. The van der Waals surface area contributed by atoms with Crippen molar-refractivity contribution in [1.29, 1.82) is 0 Å². The highest BCUT2D eigenvalue weighted by molar-refractivity contribution is 9.10. The molecule has 0 aromatic carbocycles. The van der Waals surface area contributed by atoms with E-state index in [0.29, 0.717) is 11.8 Å². The topological polar surface area (TPSA) is 12.9 Å². The lowest BCUT2D eigenvalue weighted by molar-refractivity contribution is 0.474. The molecule has 1 aromatic heterocycles. The number of rotatable bonds is 5. The molecular weight excluding hydrogens is 338 g/mol. The summed E-state index contributed by atoms with van der Waals surface area (Å²) in [5.41, 5.74) is 0. The highest BCUT2D eigenvalue weighted by Gasteiger charge is 2.12. The van der Waals surface area contributed by atoms with Gasteiger partial charge in [0.2, 0.25) is 0 Å². The Bertz CT molecular complexity index is 287. The van der Waals surface area contributed by atoms with Crippen LogP contribution in [0.4, 0.5) is 0 Å². The van der Waals surface area contributed by atoms with E-state index in [9.17, 15) is 0 Å². The number of hydrogen-bond donors (Lipinski definition) is 0. The number of hydrogen-bond acceptors (Lipinski definition) is 2. The first-order valence-electron chi connectivity index (χ1n) is 4.93. The summed E-state index contributed by atoms with van der Waals surface area (Å²) in [5.74, 6) is 2.55. The van der Waals surface area contributed by atoms with Gasteiger partial charge in [0.05, 0.1) is 5.03 Å². The monoisotopic (exact) mass is 351 g/mol. The van der Waals surface area contributed by atoms with Crippen molar-refractivity contribution in [3.63, 3.8) is 0 Å². The summed E-state index contributed by atoms with van der Waals surface area (Å²) in [5, 5.41) is 2.17. The molecule has 84 valence electrons. The van der Waals surface area contributed by atoms with Gasteiger partial charge in [0.25, 0.3) is 0 Å². The Kier molecular flexibility index (Phi) is 6.24. The van der Waals surface area contributed by atoms with E-state index in [1.54, 1.807) is 0 Å². The second-order valence-electron chi connectivity index (χ2n) is 3.78. The number of alkyl halides is 1. The standard InChI is InChI=1S/C11H15Br2NS/c1-8(2)9(5-12)7-15-11-4-3-10(13)6-14-11/h3-4,6,8-9H,5,7H2,1-2H3. The molecule has 4 heteroatoms. The summed E-state index contributed by atoms with van der Waals surface area (Å²) in [6, 6.07) is 4.09. The number of thioether (sulfide) groups is 1. The fourth-order valence-corrected chi connectivity index (χ4v) is 3.75. The molecule has 0 saturated carbocycles. The van der Waals surface area contributed by atoms with Crippen molar-refractivity contribution < 1.29 is 0 Å². The molecule has 0 aliphatic rings. The molecule has 0 N–H and O–H groups in total. The zero-order valence-electron chi connectivity index (χ0n) is 8.91. The smallest absolute Gasteiger partial charge is 0.0960 e. The van der Waals surface area contributed by atoms with Crippen LogP contribution in [0, 0.1) is 11.8 Å². The minimum Gasteiger partial charge on any atom is -0.249 e. The van der Waals surface area contributed by atoms with Crippen molar-refractivity contribution >= 4 is 43.6 Å². The molecule has 1 atom stereocenters. The van der Waals surface area contributed by atoms with Gasteiger partial charge in [-0.3, -0.25) is 0 Å². The highest BCUT2D eigenvalue weighted by Crippen LogP contribution is 2.24. The predicted molar refractivity (Wildman–Crippen MR) is 74.8 cm³/mol. The van der Waals surface area contributed by atoms with E-state index in [-0.39, 0.29) is 0 Å². The first-order chi connectivity index (χ1) is 7.13. The molecule has 0 radical (unpaired) electrons. The van der Waals surface area contributed by atoms with Crippen molar-refractivity contribution in [3.05, 3.63) is 22.8 Å². The number of pyridine rings is 1. The van der Waals surface area contributed by atoms with Crippen LogP contribution in [0.25, 0.3) is 0 Å². The Hall–Kier alpha value is 0.460. The van der Waals surface area contributed by atoms with Gasteiger partial charge in [0, 0.05) is 21.8 Å². The molecule has 1 heterocycles. The van der Waals surface area contributed by atoms with Gasteiger partial charge in [-0.25, -0.2) is 4.98 Å². The molecular formula is C11H15Br2NS. The fraction of sp³-hybridized carbons (Fsp3) is 0.545. The molecule has 1 aromatic rings. The molecule has 1 rings (SSSR count). The molecule has 0 bridgehead atoms. The first kappa shape index (κ1) is 13.5. The molecule has 0 spiro atoms. The third kappa shape index (κ3) is 4.87. The molecule has 1 unspecified atom stereocenters. The Balaban J connectivity index is 2.45. The third-order valence-corrected chi connectivity index (χ3v) is 4.72. The van der Waals surface area contributed by atoms with Gasteiger partial charge < -0.3 is 0 Å². The number of nitrogens with zero attached hydrogens (tertiary/aromatic N) is 1. The maximum atomic E-state index is 4.34. The summed E-state index contributed by atoms with van der Waals surface area (Å²) in [4.78, 5) is 4.34. The third-order valence-electron chi connectivity index (χ3n) is 2.29. The van der Waals surface area contributed by atoms with E-state index >= 15 is 0 Å². The lowest BCUT2D eigenvalue weighted by Crippen LogP contribution is -2.12. The minimum absolute atomic E-state index is 0.709. The zero-order valence-corrected chi connectivity index (χ0v) is 12.9. The average molecular weight is 353 g/mol.